The molecule has 3 aromatic rings. The second-order valence-corrected chi connectivity index (χ2v) is 7.08. The van der Waals surface area contributed by atoms with Crippen molar-refractivity contribution < 1.29 is 14.4 Å². The third kappa shape index (κ3) is 5.18. The molecule has 0 saturated carbocycles. The van der Waals surface area contributed by atoms with Crippen molar-refractivity contribution in [2.45, 2.75) is 0 Å². The summed E-state index contributed by atoms with van der Waals surface area (Å²) in [6.45, 7) is -0.212. The van der Waals surface area contributed by atoms with Crippen LogP contribution in [-0.2, 0) is 4.79 Å². The van der Waals surface area contributed by atoms with Gasteiger partial charge in [0.15, 0.2) is 0 Å². The summed E-state index contributed by atoms with van der Waals surface area (Å²) >= 11 is 7.31. The van der Waals surface area contributed by atoms with Crippen LogP contribution in [0.1, 0.15) is 20.0 Å². The molecule has 142 valence electrons. The topological polar surface area (TPSA) is 87.3 Å². The first-order chi connectivity index (χ1) is 13.5. The van der Waals surface area contributed by atoms with E-state index in [4.69, 9.17) is 11.6 Å². The average molecular weight is 414 g/mol. The summed E-state index contributed by atoms with van der Waals surface area (Å²) in [5.41, 5.74) is 1.35. The Balaban J connectivity index is 1.55. The molecule has 0 atom stereocenters. The van der Waals surface area contributed by atoms with E-state index in [-0.39, 0.29) is 12.5 Å². The van der Waals surface area contributed by atoms with Crippen LogP contribution in [0.2, 0.25) is 5.02 Å². The van der Waals surface area contributed by atoms with Crippen LogP contribution in [0.3, 0.4) is 0 Å². The quantitative estimate of drug-likeness (QED) is 0.570. The molecule has 1 aromatic heterocycles. The predicted octanol–water partition coefficient (Wildman–Crippen LogP) is 4.02. The normalized spacial score (nSPS) is 10.2. The molecule has 28 heavy (non-hydrogen) atoms. The first-order valence-electron chi connectivity index (χ1n) is 8.30. The highest BCUT2D eigenvalue weighted by Gasteiger charge is 2.12. The van der Waals surface area contributed by atoms with E-state index >= 15 is 0 Å². The van der Waals surface area contributed by atoms with Crippen LogP contribution in [0.5, 0.6) is 0 Å². The maximum Gasteiger partial charge on any atom is 0.265 e. The minimum atomic E-state index is -0.433. The fourth-order valence-electron chi connectivity index (χ4n) is 2.38. The van der Waals surface area contributed by atoms with Gasteiger partial charge in [-0.2, -0.15) is 0 Å². The summed E-state index contributed by atoms with van der Waals surface area (Å²) in [6.07, 6.45) is 0. The smallest absolute Gasteiger partial charge is 0.265 e. The minimum Gasteiger partial charge on any atom is -0.343 e. The molecule has 3 rings (SSSR count). The van der Waals surface area contributed by atoms with Crippen molar-refractivity contribution in [2.75, 3.05) is 17.2 Å². The minimum absolute atomic E-state index is 0.212. The van der Waals surface area contributed by atoms with Gasteiger partial charge in [-0.25, -0.2) is 0 Å². The number of hydrogen-bond acceptors (Lipinski definition) is 4. The molecule has 8 heteroatoms. The monoisotopic (exact) mass is 413 g/mol. The van der Waals surface area contributed by atoms with Crippen LogP contribution in [0.15, 0.2) is 66.0 Å². The lowest BCUT2D eigenvalue weighted by molar-refractivity contribution is -0.115. The van der Waals surface area contributed by atoms with Crippen LogP contribution in [0.25, 0.3) is 0 Å². The van der Waals surface area contributed by atoms with Crippen LogP contribution in [0.4, 0.5) is 11.4 Å². The Hall–Kier alpha value is -3.16. The summed E-state index contributed by atoms with van der Waals surface area (Å²) in [5.74, 6) is -1.05. The lowest BCUT2D eigenvalue weighted by Crippen LogP contribution is -2.33. The zero-order valence-electron chi connectivity index (χ0n) is 14.6. The third-order valence-corrected chi connectivity index (χ3v) is 4.88. The van der Waals surface area contributed by atoms with E-state index in [0.717, 1.165) is 0 Å². The van der Waals surface area contributed by atoms with Gasteiger partial charge in [0.25, 0.3) is 11.8 Å². The number of nitrogens with one attached hydrogen (secondary N) is 3. The van der Waals surface area contributed by atoms with Crippen molar-refractivity contribution >= 4 is 52.0 Å². The third-order valence-electron chi connectivity index (χ3n) is 3.68. The number of anilines is 2. The maximum atomic E-state index is 12.1. The number of halogens is 1. The number of benzene rings is 2. The van der Waals surface area contributed by atoms with Crippen molar-refractivity contribution in [3.05, 3.63) is 81.5 Å². The molecule has 3 amide bonds. The van der Waals surface area contributed by atoms with E-state index < -0.39 is 11.8 Å². The number of carbonyl (C=O) groups excluding carboxylic acids is 3. The van der Waals surface area contributed by atoms with Crippen molar-refractivity contribution in [3.8, 4) is 0 Å². The SMILES string of the molecule is O=C(CNC(=O)c1ccccc1Cl)Nc1cccc(NC(=O)c2cccs2)c1. The fraction of sp³-hybridized carbons (Fsp3) is 0.0500. The highest BCUT2D eigenvalue weighted by atomic mass is 35.5. The Morgan fingerprint density at radius 3 is 2.32 bits per heavy atom. The molecular weight excluding hydrogens is 398 g/mol. The van der Waals surface area contributed by atoms with E-state index in [2.05, 4.69) is 16.0 Å². The van der Waals surface area contributed by atoms with Gasteiger partial charge in [-0.15, -0.1) is 11.3 Å². The molecule has 1 heterocycles. The summed E-state index contributed by atoms with van der Waals surface area (Å²) in [4.78, 5) is 36.9. The van der Waals surface area contributed by atoms with Crippen LogP contribution in [-0.4, -0.2) is 24.3 Å². The Kier molecular flexibility index (Phi) is 6.41. The summed E-state index contributed by atoms with van der Waals surface area (Å²) in [6, 6.07) is 16.9. The molecule has 0 saturated heterocycles. The molecular formula is C20H16ClN3O3S. The van der Waals surface area contributed by atoms with E-state index in [0.29, 0.717) is 26.8 Å². The number of amides is 3. The molecule has 0 unspecified atom stereocenters. The number of hydrogen-bond donors (Lipinski definition) is 3. The van der Waals surface area contributed by atoms with Gasteiger partial charge < -0.3 is 16.0 Å². The molecule has 0 aliphatic carbocycles. The van der Waals surface area contributed by atoms with E-state index in [1.807, 2.05) is 5.38 Å². The van der Waals surface area contributed by atoms with Crippen molar-refractivity contribution in [1.82, 2.24) is 5.32 Å². The van der Waals surface area contributed by atoms with E-state index in [9.17, 15) is 14.4 Å². The average Bonchev–Trinajstić information content (AvgIpc) is 3.22. The molecule has 2 aromatic carbocycles. The molecule has 6 nitrogen and oxygen atoms in total. The highest BCUT2D eigenvalue weighted by molar-refractivity contribution is 7.12. The van der Waals surface area contributed by atoms with Gasteiger partial charge in [0.2, 0.25) is 5.91 Å². The number of carbonyl (C=O) groups is 3. The second-order valence-electron chi connectivity index (χ2n) is 5.72. The van der Waals surface area contributed by atoms with Gasteiger partial charge in [-0.3, -0.25) is 14.4 Å². The van der Waals surface area contributed by atoms with Gasteiger partial charge in [-0.1, -0.05) is 35.9 Å². The van der Waals surface area contributed by atoms with Crippen molar-refractivity contribution in [1.29, 1.82) is 0 Å². The lowest BCUT2D eigenvalue weighted by Gasteiger charge is -2.10. The molecule has 0 radical (unpaired) electrons. The summed E-state index contributed by atoms with van der Waals surface area (Å²) in [7, 11) is 0. The van der Waals surface area contributed by atoms with Gasteiger partial charge >= 0.3 is 0 Å². The van der Waals surface area contributed by atoms with Gasteiger partial charge in [-0.05, 0) is 41.8 Å². The van der Waals surface area contributed by atoms with Crippen molar-refractivity contribution in [2.24, 2.45) is 0 Å². The maximum absolute atomic E-state index is 12.1. The largest absolute Gasteiger partial charge is 0.343 e. The zero-order valence-corrected chi connectivity index (χ0v) is 16.1. The fourth-order valence-corrected chi connectivity index (χ4v) is 3.22. The van der Waals surface area contributed by atoms with Gasteiger partial charge in [0.05, 0.1) is 22.0 Å². The first-order valence-corrected chi connectivity index (χ1v) is 9.56. The molecule has 0 spiro atoms. The van der Waals surface area contributed by atoms with E-state index in [1.54, 1.807) is 60.7 Å². The Morgan fingerprint density at radius 1 is 0.857 bits per heavy atom. The van der Waals surface area contributed by atoms with Crippen molar-refractivity contribution in [3.63, 3.8) is 0 Å². The van der Waals surface area contributed by atoms with E-state index in [1.165, 1.54) is 11.3 Å². The van der Waals surface area contributed by atoms with Crippen LogP contribution >= 0.6 is 22.9 Å². The summed E-state index contributed by atoms with van der Waals surface area (Å²) < 4.78 is 0. The Bertz CT molecular complexity index is 1010. The lowest BCUT2D eigenvalue weighted by atomic mass is 10.2. The van der Waals surface area contributed by atoms with Crippen LogP contribution in [0, 0.1) is 0 Å². The van der Waals surface area contributed by atoms with Gasteiger partial charge in [0.1, 0.15) is 0 Å². The molecule has 0 aliphatic heterocycles. The Morgan fingerprint density at radius 2 is 1.61 bits per heavy atom. The molecule has 0 bridgehead atoms. The molecule has 0 fully saturated rings. The molecule has 0 aliphatic rings. The Labute approximate surface area is 170 Å². The first kappa shape index (κ1) is 19.6. The summed E-state index contributed by atoms with van der Waals surface area (Å²) in [5, 5.41) is 10.1. The van der Waals surface area contributed by atoms with Crippen LogP contribution < -0.4 is 16.0 Å². The second kappa shape index (κ2) is 9.16. The number of thiophene rings is 1. The zero-order chi connectivity index (χ0) is 19.9. The number of rotatable bonds is 6. The van der Waals surface area contributed by atoms with Gasteiger partial charge in [0, 0.05) is 11.4 Å². The standard InChI is InChI=1S/C20H16ClN3O3S/c21-16-8-2-1-7-15(16)19(26)22-12-18(25)23-13-5-3-6-14(11-13)24-20(27)17-9-4-10-28-17/h1-11H,12H2,(H,22,26)(H,23,25)(H,24,27). The molecule has 3 N–H and O–H groups in total. The predicted molar refractivity (Wildman–Crippen MR) is 111 cm³/mol. The highest BCUT2D eigenvalue weighted by Crippen LogP contribution is 2.18.